The minimum absolute atomic E-state index is 0.0150. The van der Waals surface area contributed by atoms with Gasteiger partial charge >= 0.3 is 6.03 Å². The monoisotopic (exact) mass is 352 g/mol. The minimum atomic E-state index is -0.0150. The van der Waals surface area contributed by atoms with Crippen LogP contribution in [-0.2, 0) is 0 Å². The summed E-state index contributed by atoms with van der Waals surface area (Å²) in [7, 11) is 2.23. The van der Waals surface area contributed by atoms with Gasteiger partial charge in [-0.3, -0.25) is 0 Å². The molecule has 1 heterocycles. The molecular formula is C20H40N4O. The van der Waals surface area contributed by atoms with Gasteiger partial charge in [-0.1, -0.05) is 19.3 Å². The van der Waals surface area contributed by atoms with E-state index >= 15 is 0 Å². The number of amides is 2. The highest BCUT2D eigenvalue weighted by Gasteiger charge is 2.38. The van der Waals surface area contributed by atoms with Crippen LogP contribution >= 0.6 is 0 Å². The second-order valence-electron chi connectivity index (χ2n) is 9.52. The lowest BCUT2D eigenvalue weighted by atomic mass is 9.80. The highest BCUT2D eigenvalue weighted by Crippen LogP contribution is 2.28. The molecule has 0 atom stereocenters. The average Bonchev–Trinajstić information content (AvgIpc) is 2.49. The van der Waals surface area contributed by atoms with Crippen molar-refractivity contribution in [1.82, 2.24) is 20.9 Å². The fraction of sp³-hybridized carbons (Fsp3) is 0.950. The van der Waals surface area contributed by atoms with E-state index in [4.69, 9.17) is 0 Å². The summed E-state index contributed by atoms with van der Waals surface area (Å²) < 4.78 is 0. The summed E-state index contributed by atoms with van der Waals surface area (Å²) in [6.07, 6.45) is 9.77. The van der Waals surface area contributed by atoms with E-state index in [1.807, 2.05) is 0 Å². The smallest absolute Gasteiger partial charge is 0.315 e. The molecule has 0 aromatic rings. The van der Waals surface area contributed by atoms with Gasteiger partial charge < -0.3 is 20.9 Å². The Hall–Kier alpha value is -0.810. The molecule has 0 aromatic heterocycles. The number of hydrogen-bond acceptors (Lipinski definition) is 3. The fourth-order valence-electron chi connectivity index (χ4n) is 4.90. The zero-order valence-electron chi connectivity index (χ0n) is 17.1. The molecule has 5 heteroatoms. The van der Waals surface area contributed by atoms with Crippen LogP contribution in [0.25, 0.3) is 0 Å². The van der Waals surface area contributed by atoms with Crippen molar-refractivity contribution in [2.75, 3.05) is 20.1 Å². The zero-order valence-corrected chi connectivity index (χ0v) is 17.1. The van der Waals surface area contributed by atoms with E-state index in [2.05, 4.69) is 55.6 Å². The van der Waals surface area contributed by atoms with Gasteiger partial charge in [0.2, 0.25) is 0 Å². The molecule has 5 nitrogen and oxygen atoms in total. The predicted molar refractivity (Wildman–Crippen MR) is 105 cm³/mol. The maximum Gasteiger partial charge on any atom is 0.315 e. The Morgan fingerprint density at radius 2 is 1.68 bits per heavy atom. The van der Waals surface area contributed by atoms with Crippen LogP contribution in [-0.4, -0.2) is 54.2 Å². The van der Waals surface area contributed by atoms with Crippen molar-refractivity contribution in [3.63, 3.8) is 0 Å². The normalized spacial score (nSPS) is 24.2. The number of nitrogens with one attached hydrogen (secondary N) is 3. The number of carbonyl (C=O) groups excluding carboxylic acids is 1. The van der Waals surface area contributed by atoms with E-state index in [0.717, 1.165) is 38.4 Å². The lowest BCUT2D eigenvalue weighted by Crippen LogP contribution is -2.62. The van der Waals surface area contributed by atoms with E-state index in [9.17, 15) is 4.79 Å². The van der Waals surface area contributed by atoms with Crippen molar-refractivity contribution < 1.29 is 4.79 Å². The zero-order chi connectivity index (χ0) is 18.5. The van der Waals surface area contributed by atoms with E-state index in [1.54, 1.807) is 0 Å². The Morgan fingerprint density at radius 3 is 2.28 bits per heavy atom. The second-order valence-corrected chi connectivity index (χ2v) is 9.52. The van der Waals surface area contributed by atoms with Crippen molar-refractivity contribution in [2.24, 2.45) is 0 Å². The highest BCUT2D eigenvalue weighted by atomic mass is 16.2. The number of urea groups is 1. The molecule has 2 rings (SSSR count). The van der Waals surface area contributed by atoms with Crippen LogP contribution in [0.2, 0.25) is 0 Å². The molecule has 0 unspecified atom stereocenters. The molecule has 0 spiro atoms. The summed E-state index contributed by atoms with van der Waals surface area (Å²) in [5.74, 6) is 0. The quantitative estimate of drug-likeness (QED) is 0.643. The molecule has 2 fully saturated rings. The number of carbonyl (C=O) groups is 1. The van der Waals surface area contributed by atoms with Gasteiger partial charge in [-0.05, 0) is 73.4 Å². The van der Waals surface area contributed by atoms with Crippen LogP contribution in [0.15, 0.2) is 0 Å². The first kappa shape index (κ1) is 20.5. The van der Waals surface area contributed by atoms with Gasteiger partial charge in [-0.25, -0.2) is 4.79 Å². The molecule has 1 saturated carbocycles. The van der Waals surface area contributed by atoms with E-state index in [0.29, 0.717) is 0 Å². The predicted octanol–water partition coefficient (Wildman–Crippen LogP) is 3.25. The van der Waals surface area contributed by atoms with Crippen molar-refractivity contribution in [3.8, 4) is 0 Å². The van der Waals surface area contributed by atoms with Crippen LogP contribution in [0.4, 0.5) is 4.79 Å². The molecule has 146 valence electrons. The van der Waals surface area contributed by atoms with E-state index < -0.39 is 0 Å². The topological polar surface area (TPSA) is 56.4 Å². The minimum Gasteiger partial charge on any atom is -0.338 e. The molecule has 1 aliphatic heterocycles. The van der Waals surface area contributed by atoms with Gasteiger partial charge in [-0.2, -0.15) is 0 Å². The first-order chi connectivity index (χ1) is 11.7. The van der Waals surface area contributed by atoms with Crippen LogP contribution in [0.1, 0.15) is 79.1 Å². The Balaban J connectivity index is 1.63. The third-order valence-electron chi connectivity index (χ3n) is 5.70. The first-order valence-electron chi connectivity index (χ1n) is 10.2. The molecule has 1 saturated heterocycles. The number of rotatable bonds is 6. The summed E-state index contributed by atoms with van der Waals surface area (Å²) in [6, 6.07) is 0.969. The molecule has 2 amide bonds. The van der Waals surface area contributed by atoms with Crippen LogP contribution in [0.5, 0.6) is 0 Å². The highest BCUT2D eigenvalue weighted by molar-refractivity contribution is 5.74. The maximum absolute atomic E-state index is 12.2. The SMILES string of the molecule is CN(CCCNC(=O)NC1CC(C)(C)NC(C)(C)C1)C1CCCCC1. The standard InChI is InChI=1S/C20H40N4O/c1-19(2)14-16(15-20(3,4)23-19)22-18(25)21-12-9-13-24(5)17-10-7-6-8-11-17/h16-17,23H,6-15H2,1-5H3,(H2,21,22,25). The lowest BCUT2D eigenvalue weighted by Gasteiger charge is -2.46. The maximum atomic E-state index is 12.2. The molecule has 25 heavy (non-hydrogen) atoms. The Morgan fingerprint density at radius 1 is 1.08 bits per heavy atom. The average molecular weight is 353 g/mol. The third kappa shape index (κ3) is 7.14. The largest absolute Gasteiger partial charge is 0.338 e. The number of piperidine rings is 1. The molecule has 0 aromatic carbocycles. The number of hydrogen-bond donors (Lipinski definition) is 3. The van der Waals surface area contributed by atoms with Crippen molar-refractivity contribution in [1.29, 1.82) is 0 Å². The van der Waals surface area contributed by atoms with Crippen LogP contribution in [0.3, 0.4) is 0 Å². The van der Waals surface area contributed by atoms with Crippen molar-refractivity contribution >= 4 is 6.03 Å². The van der Waals surface area contributed by atoms with Gasteiger partial charge in [0.05, 0.1) is 0 Å². The number of nitrogens with zero attached hydrogens (tertiary/aromatic N) is 1. The summed E-state index contributed by atoms with van der Waals surface area (Å²) in [4.78, 5) is 14.7. The lowest BCUT2D eigenvalue weighted by molar-refractivity contribution is 0.147. The molecular weight excluding hydrogens is 312 g/mol. The van der Waals surface area contributed by atoms with Gasteiger partial charge in [0.1, 0.15) is 0 Å². The Labute approximate surface area is 154 Å². The molecule has 1 aliphatic carbocycles. The van der Waals surface area contributed by atoms with Crippen LogP contribution < -0.4 is 16.0 Å². The Bertz CT molecular complexity index is 413. The summed E-state index contributed by atoms with van der Waals surface area (Å²) in [5, 5.41) is 9.88. The summed E-state index contributed by atoms with van der Waals surface area (Å²) in [5.41, 5.74) is 0.116. The molecule has 2 aliphatic rings. The fourth-order valence-corrected chi connectivity index (χ4v) is 4.90. The molecule has 3 N–H and O–H groups in total. The van der Waals surface area contributed by atoms with E-state index in [1.165, 1.54) is 32.1 Å². The van der Waals surface area contributed by atoms with Crippen molar-refractivity contribution in [3.05, 3.63) is 0 Å². The van der Waals surface area contributed by atoms with Gasteiger partial charge in [0, 0.05) is 29.7 Å². The van der Waals surface area contributed by atoms with Gasteiger partial charge in [0.15, 0.2) is 0 Å². The van der Waals surface area contributed by atoms with E-state index in [-0.39, 0.29) is 23.2 Å². The second kappa shape index (κ2) is 8.72. The third-order valence-corrected chi connectivity index (χ3v) is 5.70. The van der Waals surface area contributed by atoms with Gasteiger partial charge in [0.25, 0.3) is 0 Å². The summed E-state index contributed by atoms with van der Waals surface area (Å²) >= 11 is 0. The van der Waals surface area contributed by atoms with Gasteiger partial charge in [-0.15, -0.1) is 0 Å². The summed E-state index contributed by atoms with van der Waals surface area (Å²) in [6.45, 7) is 10.7. The molecule has 0 radical (unpaired) electrons. The molecule has 0 bridgehead atoms. The first-order valence-corrected chi connectivity index (χ1v) is 10.2. The Kier molecular flexibility index (Phi) is 7.15. The van der Waals surface area contributed by atoms with Crippen LogP contribution in [0, 0.1) is 0 Å². The van der Waals surface area contributed by atoms with Crippen molar-refractivity contribution in [2.45, 2.75) is 102 Å².